The molecule has 2 N–H and O–H groups in total. The minimum atomic E-state index is -0.511. The highest BCUT2D eigenvalue weighted by atomic mass is 35.5. The van der Waals surface area contributed by atoms with E-state index in [1.165, 1.54) is 0 Å². The first-order valence-electron chi connectivity index (χ1n) is 9.50. The molecule has 2 aliphatic heterocycles. The number of nitrogens with zero attached hydrogens (tertiary/aromatic N) is 2. The van der Waals surface area contributed by atoms with Crippen LogP contribution in [-0.4, -0.2) is 66.2 Å². The number of hydrogen-bond acceptors (Lipinski definition) is 6. The molecular weight excluding hydrogens is 428 g/mol. The summed E-state index contributed by atoms with van der Waals surface area (Å²) in [4.78, 5) is 53.7. The normalized spacial score (nSPS) is 16.0. The average Bonchev–Trinajstić information content (AvgIpc) is 3.29. The fourth-order valence-corrected chi connectivity index (χ4v) is 4.48. The van der Waals surface area contributed by atoms with Crippen LogP contribution in [0.2, 0.25) is 4.34 Å². The Labute approximate surface area is 181 Å². The molecule has 1 aromatic heterocycles. The molecule has 2 aromatic rings. The topological polar surface area (TPSA) is 98.8 Å². The molecule has 0 atom stereocenters. The molecular formula is C20H19ClN4O4S. The van der Waals surface area contributed by atoms with Crippen LogP contribution in [0.4, 0.5) is 5.69 Å². The van der Waals surface area contributed by atoms with Gasteiger partial charge in [0.2, 0.25) is 5.91 Å². The molecule has 0 unspecified atom stereocenters. The van der Waals surface area contributed by atoms with E-state index in [0.717, 1.165) is 29.3 Å². The van der Waals surface area contributed by atoms with E-state index in [1.54, 1.807) is 35.2 Å². The van der Waals surface area contributed by atoms with Crippen molar-refractivity contribution >= 4 is 52.3 Å². The van der Waals surface area contributed by atoms with Gasteiger partial charge >= 0.3 is 0 Å². The second-order valence-corrected chi connectivity index (χ2v) is 8.64. The van der Waals surface area contributed by atoms with Crippen molar-refractivity contribution in [1.29, 1.82) is 0 Å². The molecule has 2 aliphatic rings. The largest absolute Gasteiger partial charge is 0.340 e. The Morgan fingerprint density at radius 1 is 1.10 bits per heavy atom. The number of hydrogen-bond donors (Lipinski definition) is 2. The van der Waals surface area contributed by atoms with Crippen molar-refractivity contribution in [2.75, 3.05) is 38.0 Å². The summed E-state index contributed by atoms with van der Waals surface area (Å²) in [5.74, 6) is -1.47. The van der Waals surface area contributed by atoms with Crippen molar-refractivity contribution in [3.63, 3.8) is 0 Å². The Kier molecular flexibility index (Phi) is 5.85. The summed E-state index contributed by atoms with van der Waals surface area (Å²) in [6.07, 6.45) is 0.0703. The summed E-state index contributed by atoms with van der Waals surface area (Å²) >= 11 is 7.00. The maximum atomic E-state index is 12.9. The summed E-state index contributed by atoms with van der Waals surface area (Å²) in [5.41, 5.74) is 0.626. The molecule has 0 spiro atoms. The van der Waals surface area contributed by atoms with Crippen LogP contribution in [-0.2, 0) is 4.79 Å². The number of nitrogens with one attached hydrogen (secondary N) is 2. The van der Waals surface area contributed by atoms with E-state index in [-0.39, 0.29) is 35.7 Å². The summed E-state index contributed by atoms with van der Waals surface area (Å²) in [6.45, 7) is 2.70. The Bertz CT molecular complexity index is 1030. The van der Waals surface area contributed by atoms with Gasteiger partial charge < -0.3 is 15.5 Å². The zero-order valence-electron chi connectivity index (χ0n) is 15.9. The van der Waals surface area contributed by atoms with Gasteiger partial charge in [-0.25, -0.2) is 0 Å². The summed E-state index contributed by atoms with van der Waals surface area (Å²) < 4.78 is 0.477. The van der Waals surface area contributed by atoms with Crippen LogP contribution in [0.5, 0.6) is 0 Å². The number of rotatable bonds is 5. The highest BCUT2D eigenvalue weighted by Crippen LogP contribution is 2.30. The van der Waals surface area contributed by atoms with Crippen molar-refractivity contribution < 1.29 is 19.2 Å². The fourth-order valence-electron chi connectivity index (χ4n) is 3.54. The minimum absolute atomic E-state index is 0.00300. The lowest BCUT2D eigenvalue weighted by Crippen LogP contribution is -2.47. The zero-order chi connectivity index (χ0) is 21.3. The van der Waals surface area contributed by atoms with Crippen molar-refractivity contribution in [2.24, 2.45) is 0 Å². The van der Waals surface area contributed by atoms with Gasteiger partial charge in [0.1, 0.15) is 0 Å². The number of halogens is 1. The molecule has 0 bridgehead atoms. The third-order valence-corrected chi connectivity index (χ3v) is 6.29. The number of thiophene rings is 1. The number of fused-ring (bicyclic) bond motifs is 1. The van der Waals surface area contributed by atoms with Crippen LogP contribution in [0.3, 0.4) is 0 Å². The first-order chi connectivity index (χ1) is 14.5. The van der Waals surface area contributed by atoms with Gasteiger partial charge in [-0.05, 0) is 24.3 Å². The second kappa shape index (κ2) is 8.55. The van der Waals surface area contributed by atoms with Crippen LogP contribution < -0.4 is 10.6 Å². The van der Waals surface area contributed by atoms with Crippen LogP contribution in [0, 0.1) is 0 Å². The number of benzene rings is 1. The van der Waals surface area contributed by atoms with Crippen molar-refractivity contribution in [1.82, 2.24) is 15.1 Å². The van der Waals surface area contributed by atoms with E-state index in [9.17, 15) is 19.2 Å². The maximum absolute atomic E-state index is 12.9. The number of piperazine rings is 1. The van der Waals surface area contributed by atoms with Crippen molar-refractivity contribution in [2.45, 2.75) is 6.42 Å². The molecule has 1 fully saturated rings. The van der Waals surface area contributed by atoms with E-state index < -0.39 is 17.7 Å². The van der Waals surface area contributed by atoms with Gasteiger partial charge in [-0.1, -0.05) is 17.7 Å². The van der Waals surface area contributed by atoms with E-state index in [1.807, 2.05) is 0 Å². The van der Waals surface area contributed by atoms with Crippen LogP contribution in [0.15, 0.2) is 30.3 Å². The first-order valence-corrected chi connectivity index (χ1v) is 10.7. The molecule has 30 heavy (non-hydrogen) atoms. The Balaban J connectivity index is 1.48. The third-order valence-electron chi connectivity index (χ3n) is 5.06. The van der Waals surface area contributed by atoms with Crippen LogP contribution >= 0.6 is 22.9 Å². The average molecular weight is 447 g/mol. The zero-order valence-corrected chi connectivity index (χ0v) is 17.5. The minimum Gasteiger partial charge on any atom is -0.340 e. The van der Waals surface area contributed by atoms with Crippen LogP contribution in [0.1, 0.15) is 36.8 Å². The van der Waals surface area contributed by atoms with E-state index in [0.29, 0.717) is 22.3 Å². The first kappa shape index (κ1) is 20.5. The lowest BCUT2D eigenvalue weighted by atomic mass is 10.1. The van der Waals surface area contributed by atoms with Gasteiger partial charge in [0.05, 0.1) is 26.0 Å². The molecule has 4 rings (SSSR count). The summed E-state index contributed by atoms with van der Waals surface area (Å²) in [6, 6.07) is 7.93. The lowest BCUT2D eigenvalue weighted by Gasteiger charge is -2.28. The van der Waals surface area contributed by atoms with Gasteiger partial charge in [0.25, 0.3) is 17.7 Å². The number of carbonyl (C=O) groups is 4. The number of anilines is 1. The van der Waals surface area contributed by atoms with Crippen LogP contribution in [0.25, 0.3) is 0 Å². The van der Waals surface area contributed by atoms with E-state index in [4.69, 9.17) is 11.6 Å². The molecule has 4 amide bonds. The van der Waals surface area contributed by atoms with Gasteiger partial charge in [0, 0.05) is 39.1 Å². The van der Waals surface area contributed by atoms with Gasteiger partial charge in [-0.2, -0.15) is 0 Å². The molecule has 3 heterocycles. The van der Waals surface area contributed by atoms with E-state index >= 15 is 0 Å². The van der Waals surface area contributed by atoms with Gasteiger partial charge in [-0.15, -0.1) is 11.3 Å². The molecule has 0 radical (unpaired) electrons. The Hall–Kier alpha value is -2.75. The summed E-state index contributed by atoms with van der Waals surface area (Å²) in [5, 5.41) is 5.87. The lowest BCUT2D eigenvalue weighted by molar-refractivity contribution is -0.131. The molecule has 156 valence electrons. The highest BCUT2D eigenvalue weighted by Gasteiger charge is 2.38. The quantitative estimate of drug-likeness (QED) is 0.685. The molecule has 0 saturated carbocycles. The van der Waals surface area contributed by atoms with Crippen molar-refractivity contribution in [3.05, 3.63) is 50.7 Å². The fraction of sp³-hybridized carbons (Fsp3) is 0.300. The summed E-state index contributed by atoms with van der Waals surface area (Å²) in [7, 11) is 0. The number of amides is 4. The molecule has 1 saturated heterocycles. The maximum Gasteiger partial charge on any atom is 0.265 e. The van der Waals surface area contributed by atoms with Gasteiger partial charge in [-0.3, -0.25) is 24.1 Å². The highest BCUT2D eigenvalue weighted by molar-refractivity contribution is 7.18. The molecule has 10 heteroatoms. The monoisotopic (exact) mass is 446 g/mol. The third kappa shape index (κ3) is 3.96. The molecule has 8 nitrogen and oxygen atoms in total. The Morgan fingerprint density at radius 3 is 2.57 bits per heavy atom. The number of imide groups is 1. The Morgan fingerprint density at radius 2 is 1.87 bits per heavy atom. The molecule has 1 aromatic carbocycles. The molecule has 0 aliphatic carbocycles. The van der Waals surface area contributed by atoms with Gasteiger partial charge in [0.15, 0.2) is 0 Å². The predicted molar refractivity (Wildman–Crippen MR) is 113 cm³/mol. The SMILES string of the molecule is O=C(Nc1cccc2c1C(=O)N(CCC(=O)N1CCNCC1)C2=O)c1ccc(Cl)s1. The predicted octanol–water partition coefficient (Wildman–Crippen LogP) is 2.07. The standard InChI is InChI=1S/C20H19ClN4O4S/c21-15-5-4-14(30-15)18(27)23-13-3-1-2-12-17(13)20(29)25(19(12)28)9-6-16(26)24-10-7-22-8-11-24/h1-5,22H,6-11H2,(H,23,27). The smallest absolute Gasteiger partial charge is 0.265 e. The number of carbonyl (C=O) groups excluding carboxylic acids is 4. The van der Waals surface area contributed by atoms with Crippen molar-refractivity contribution in [3.8, 4) is 0 Å². The van der Waals surface area contributed by atoms with E-state index in [2.05, 4.69) is 10.6 Å². The second-order valence-electron chi connectivity index (χ2n) is 6.93.